The van der Waals surface area contributed by atoms with Crippen LogP contribution in [0.3, 0.4) is 0 Å². The zero-order chi connectivity index (χ0) is 23.4. The summed E-state index contributed by atoms with van der Waals surface area (Å²) in [5, 5.41) is 8.08. The van der Waals surface area contributed by atoms with Gasteiger partial charge in [0.05, 0.1) is 5.56 Å². The zero-order valence-corrected chi connectivity index (χ0v) is 17.3. The normalized spacial score (nSPS) is 11.1. The van der Waals surface area contributed by atoms with E-state index >= 15 is 0 Å². The molecule has 8 heteroatoms. The van der Waals surface area contributed by atoms with Gasteiger partial charge in [0.1, 0.15) is 24.0 Å². The molecular formula is C25H19F2N3O3. The maximum absolute atomic E-state index is 14.9. The quantitative estimate of drug-likeness (QED) is 0.155. The van der Waals surface area contributed by atoms with Crippen molar-refractivity contribution in [3.63, 3.8) is 0 Å². The van der Waals surface area contributed by atoms with Crippen LogP contribution in [-0.4, -0.2) is 16.8 Å². The Morgan fingerprint density at radius 1 is 1.06 bits per heavy atom. The molecule has 0 bridgehead atoms. The van der Waals surface area contributed by atoms with Crippen molar-refractivity contribution in [2.24, 2.45) is 5.73 Å². The van der Waals surface area contributed by atoms with E-state index in [0.717, 1.165) is 11.6 Å². The SMILES string of the molecule is N=C(N)c1cc(Oc2c(F)cc3[nH]ccc3c2/C=C/C(=O)OCc2ccccc2)ccc1F. The molecule has 0 amide bonds. The van der Waals surface area contributed by atoms with E-state index in [2.05, 4.69) is 4.98 Å². The number of carbonyl (C=O) groups excluding carboxylic acids is 1. The van der Waals surface area contributed by atoms with Gasteiger partial charge in [0.25, 0.3) is 0 Å². The molecular weight excluding hydrogens is 428 g/mol. The Morgan fingerprint density at radius 2 is 1.85 bits per heavy atom. The van der Waals surface area contributed by atoms with Crippen LogP contribution < -0.4 is 10.5 Å². The lowest BCUT2D eigenvalue weighted by molar-refractivity contribution is -0.138. The van der Waals surface area contributed by atoms with E-state index in [-0.39, 0.29) is 29.2 Å². The van der Waals surface area contributed by atoms with Crippen molar-refractivity contribution in [3.05, 3.63) is 101 Å². The van der Waals surface area contributed by atoms with Gasteiger partial charge in [0, 0.05) is 34.8 Å². The fourth-order valence-electron chi connectivity index (χ4n) is 3.27. The predicted molar refractivity (Wildman–Crippen MR) is 121 cm³/mol. The minimum atomic E-state index is -0.698. The Kier molecular flexibility index (Phi) is 6.17. The molecule has 0 aliphatic heterocycles. The first-order valence-corrected chi connectivity index (χ1v) is 9.92. The minimum absolute atomic E-state index is 0.0803. The average molecular weight is 447 g/mol. The lowest BCUT2D eigenvalue weighted by Crippen LogP contribution is -2.13. The molecule has 3 aromatic carbocycles. The van der Waals surface area contributed by atoms with Crippen LogP contribution in [0.25, 0.3) is 17.0 Å². The van der Waals surface area contributed by atoms with Crippen LogP contribution in [-0.2, 0) is 16.1 Å². The average Bonchev–Trinajstić information content (AvgIpc) is 3.27. The lowest BCUT2D eigenvalue weighted by atomic mass is 10.1. The van der Waals surface area contributed by atoms with Gasteiger partial charge in [0.15, 0.2) is 11.6 Å². The molecule has 0 fully saturated rings. The number of nitrogens with one attached hydrogen (secondary N) is 2. The number of hydrogen-bond acceptors (Lipinski definition) is 4. The number of fused-ring (bicyclic) bond motifs is 1. The van der Waals surface area contributed by atoms with E-state index in [0.29, 0.717) is 10.9 Å². The third-order valence-corrected chi connectivity index (χ3v) is 4.86. The lowest BCUT2D eigenvalue weighted by Gasteiger charge is -2.13. The summed E-state index contributed by atoms with van der Waals surface area (Å²) in [4.78, 5) is 15.2. The van der Waals surface area contributed by atoms with E-state index < -0.39 is 23.4 Å². The molecule has 6 nitrogen and oxygen atoms in total. The van der Waals surface area contributed by atoms with Crippen LogP contribution in [0.1, 0.15) is 16.7 Å². The van der Waals surface area contributed by atoms with Crippen LogP contribution in [0.5, 0.6) is 11.5 Å². The molecule has 0 saturated carbocycles. The van der Waals surface area contributed by atoms with Crippen LogP contribution in [0, 0.1) is 17.0 Å². The molecule has 0 aliphatic carbocycles. The Bertz CT molecular complexity index is 1360. The van der Waals surface area contributed by atoms with Gasteiger partial charge < -0.3 is 20.2 Å². The Morgan fingerprint density at radius 3 is 2.61 bits per heavy atom. The van der Waals surface area contributed by atoms with E-state index in [1.165, 1.54) is 30.4 Å². The van der Waals surface area contributed by atoms with Crippen molar-refractivity contribution in [2.75, 3.05) is 0 Å². The van der Waals surface area contributed by atoms with Crippen LogP contribution in [0.15, 0.2) is 72.9 Å². The summed E-state index contributed by atoms with van der Waals surface area (Å²) in [7, 11) is 0. The summed E-state index contributed by atoms with van der Waals surface area (Å²) in [5.41, 5.74) is 6.85. The largest absolute Gasteiger partial charge is 0.458 e. The highest BCUT2D eigenvalue weighted by atomic mass is 19.1. The highest BCUT2D eigenvalue weighted by Crippen LogP contribution is 2.35. The van der Waals surface area contributed by atoms with Crippen molar-refractivity contribution >= 4 is 28.8 Å². The van der Waals surface area contributed by atoms with Crippen molar-refractivity contribution in [1.29, 1.82) is 5.41 Å². The molecule has 0 aliphatic rings. The van der Waals surface area contributed by atoms with E-state index in [9.17, 15) is 13.6 Å². The second-order valence-corrected chi connectivity index (χ2v) is 7.12. The smallest absolute Gasteiger partial charge is 0.331 e. The van der Waals surface area contributed by atoms with Crippen LogP contribution in [0.2, 0.25) is 0 Å². The van der Waals surface area contributed by atoms with Crippen molar-refractivity contribution in [2.45, 2.75) is 6.61 Å². The van der Waals surface area contributed by atoms with Gasteiger partial charge in [0.2, 0.25) is 0 Å². The second-order valence-electron chi connectivity index (χ2n) is 7.12. The van der Waals surface area contributed by atoms with Crippen molar-refractivity contribution < 1.29 is 23.0 Å². The highest BCUT2D eigenvalue weighted by Gasteiger charge is 2.17. The number of H-pyrrole nitrogens is 1. The summed E-state index contributed by atoms with van der Waals surface area (Å²) in [5.74, 6) is -2.58. The van der Waals surface area contributed by atoms with Crippen molar-refractivity contribution in [1.82, 2.24) is 4.98 Å². The summed E-state index contributed by atoms with van der Waals surface area (Å²) < 4.78 is 39.8. The predicted octanol–water partition coefficient (Wildman–Crippen LogP) is 5.28. The summed E-state index contributed by atoms with van der Waals surface area (Å²) >= 11 is 0. The number of halogens is 2. The molecule has 33 heavy (non-hydrogen) atoms. The van der Waals surface area contributed by atoms with E-state index in [1.54, 1.807) is 12.3 Å². The summed E-state index contributed by atoms with van der Waals surface area (Å²) in [6, 6.07) is 15.7. The number of rotatable bonds is 7. The number of amidine groups is 1. The fraction of sp³-hybridized carbons (Fsp3) is 0.0400. The molecule has 166 valence electrons. The zero-order valence-electron chi connectivity index (χ0n) is 17.3. The molecule has 0 saturated heterocycles. The molecule has 4 N–H and O–H groups in total. The molecule has 1 heterocycles. The van der Waals surface area contributed by atoms with Gasteiger partial charge in [-0.15, -0.1) is 0 Å². The number of hydrogen-bond donors (Lipinski definition) is 3. The maximum atomic E-state index is 14.9. The van der Waals surface area contributed by atoms with Gasteiger partial charge in [-0.2, -0.15) is 0 Å². The number of nitrogens with two attached hydrogens (primary N) is 1. The molecule has 4 rings (SSSR count). The van der Waals surface area contributed by atoms with Crippen LogP contribution in [0.4, 0.5) is 8.78 Å². The number of aromatic nitrogens is 1. The van der Waals surface area contributed by atoms with Crippen molar-refractivity contribution in [3.8, 4) is 11.5 Å². The fourth-order valence-corrected chi connectivity index (χ4v) is 3.27. The number of benzene rings is 3. The molecule has 0 atom stereocenters. The minimum Gasteiger partial charge on any atom is -0.458 e. The number of aromatic amines is 1. The second kappa shape index (κ2) is 9.35. The monoisotopic (exact) mass is 447 g/mol. The number of carbonyl (C=O) groups is 1. The first kappa shape index (κ1) is 21.8. The summed E-state index contributed by atoms with van der Waals surface area (Å²) in [6.45, 7) is 0.0967. The Hall–Kier alpha value is -4.46. The van der Waals surface area contributed by atoms with Crippen LogP contribution >= 0.6 is 0 Å². The van der Waals surface area contributed by atoms with Gasteiger partial charge in [-0.05, 0) is 35.9 Å². The summed E-state index contributed by atoms with van der Waals surface area (Å²) in [6.07, 6.45) is 4.21. The highest BCUT2D eigenvalue weighted by molar-refractivity contribution is 5.97. The van der Waals surface area contributed by atoms with Gasteiger partial charge >= 0.3 is 5.97 Å². The third-order valence-electron chi connectivity index (χ3n) is 4.86. The molecule has 1 aromatic heterocycles. The standard InChI is InChI=1S/C25H19F2N3O3/c26-20-8-6-16(12-19(20)25(28)29)33-24-18(17-10-11-30-22(17)13-21(24)27)7-9-23(31)32-14-15-4-2-1-3-5-15/h1-13,30H,14H2,(H3,28,29)/b9-7+. The van der Waals surface area contributed by atoms with Gasteiger partial charge in [-0.3, -0.25) is 5.41 Å². The molecule has 0 radical (unpaired) electrons. The number of nitrogen functional groups attached to an aromatic ring is 1. The van der Waals surface area contributed by atoms with Gasteiger partial charge in [-0.25, -0.2) is 13.6 Å². The first-order valence-electron chi connectivity index (χ1n) is 9.92. The number of esters is 1. The van der Waals surface area contributed by atoms with E-state index in [4.69, 9.17) is 20.6 Å². The molecule has 0 unspecified atom stereocenters. The topological polar surface area (TPSA) is 101 Å². The molecule has 4 aromatic rings. The first-order chi connectivity index (χ1) is 15.9. The van der Waals surface area contributed by atoms with E-state index in [1.807, 2.05) is 30.3 Å². The number of ether oxygens (including phenoxy) is 2. The Balaban J connectivity index is 1.64. The van der Waals surface area contributed by atoms with Gasteiger partial charge in [-0.1, -0.05) is 30.3 Å². The molecule has 0 spiro atoms. The Labute approximate surface area is 187 Å². The third kappa shape index (κ3) is 4.90. The maximum Gasteiger partial charge on any atom is 0.331 e.